The smallest absolute Gasteiger partial charge is 0.328 e. The molecule has 0 aromatic heterocycles. The maximum atomic E-state index is 11.2. The maximum absolute atomic E-state index is 11.2. The number of carbonyl (C=O) groups is 3. The molecule has 0 atom stereocenters. The van der Waals surface area contributed by atoms with E-state index >= 15 is 0 Å². The molecule has 0 heterocycles. The third kappa shape index (κ3) is 8.74. The highest BCUT2D eigenvalue weighted by molar-refractivity contribution is 5.95. The highest BCUT2D eigenvalue weighted by Crippen LogP contribution is 1.96. The van der Waals surface area contributed by atoms with Gasteiger partial charge in [0.1, 0.15) is 0 Å². The van der Waals surface area contributed by atoms with E-state index in [0.717, 1.165) is 6.08 Å². The fraction of sp³-hybridized carbons (Fsp3) is 0.500. The van der Waals surface area contributed by atoms with Crippen molar-refractivity contribution in [2.24, 2.45) is 0 Å². The predicted octanol–water partition coefficient (Wildman–Crippen LogP) is -0.342. The lowest BCUT2D eigenvalue weighted by atomic mass is 10.1. The van der Waals surface area contributed by atoms with Gasteiger partial charge in [0, 0.05) is 17.7 Å². The van der Waals surface area contributed by atoms with Crippen LogP contribution < -0.4 is 10.6 Å². The summed E-state index contributed by atoms with van der Waals surface area (Å²) in [6.07, 6.45) is 1.56. The van der Waals surface area contributed by atoms with Gasteiger partial charge in [0.25, 0.3) is 0 Å². The summed E-state index contributed by atoms with van der Waals surface area (Å²) in [7, 11) is 0. The van der Waals surface area contributed by atoms with Gasteiger partial charge in [0.05, 0.1) is 6.54 Å². The first-order chi connectivity index (χ1) is 7.20. The molecule has 0 fully saturated rings. The van der Waals surface area contributed by atoms with Crippen molar-refractivity contribution in [3.05, 3.63) is 12.2 Å². The van der Waals surface area contributed by atoms with Crippen LogP contribution in [-0.4, -0.2) is 35.0 Å². The lowest BCUT2D eigenvalue weighted by Gasteiger charge is -2.20. The molecule has 16 heavy (non-hydrogen) atoms. The van der Waals surface area contributed by atoms with Crippen LogP contribution in [0.2, 0.25) is 0 Å². The molecule has 0 unspecified atom stereocenters. The number of carbonyl (C=O) groups excluding carboxylic acids is 2. The topological polar surface area (TPSA) is 95.5 Å². The number of rotatable bonds is 4. The largest absolute Gasteiger partial charge is 0.478 e. The first-order valence-corrected chi connectivity index (χ1v) is 4.70. The van der Waals surface area contributed by atoms with Crippen LogP contribution in [0.25, 0.3) is 0 Å². The van der Waals surface area contributed by atoms with Crippen LogP contribution in [0.4, 0.5) is 0 Å². The van der Waals surface area contributed by atoms with E-state index in [1.165, 1.54) is 0 Å². The fourth-order valence-electron chi connectivity index (χ4n) is 0.836. The molecule has 2 amide bonds. The number of hydrogen-bond acceptors (Lipinski definition) is 3. The normalized spacial score (nSPS) is 11.2. The molecule has 90 valence electrons. The number of carboxylic acids is 1. The van der Waals surface area contributed by atoms with E-state index in [1.807, 2.05) is 20.8 Å². The third-order valence-corrected chi connectivity index (χ3v) is 1.31. The molecule has 3 N–H and O–H groups in total. The summed E-state index contributed by atoms with van der Waals surface area (Å²) in [6, 6.07) is 0. The molecular weight excluding hydrogens is 212 g/mol. The van der Waals surface area contributed by atoms with Crippen LogP contribution in [0.1, 0.15) is 20.8 Å². The molecule has 0 aromatic rings. The maximum Gasteiger partial charge on any atom is 0.328 e. The van der Waals surface area contributed by atoms with Gasteiger partial charge in [-0.1, -0.05) is 0 Å². The summed E-state index contributed by atoms with van der Waals surface area (Å²) in [5, 5.41) is 13.2. The van der Waals surface area contributed by atoms with Crippen LogP contribution in [0.15, 0.2) is 12.2 Å². The Morgan fingerprint density at radius 3 is 2.19 bits per heavy atom. The number of amides is 2. The average Bonchev–Trinajstić information content (AvgIpc) is 2.08. The van der Waals surface area contributed by atoms with Gasteiger partial charge in [-0.25, -0.2) is 4.79 Å². The van der Waals surface area contributed by atoms with E-state index in [2.05, 4.69) is 10.6 Å². The summed E-state index contributed by atoms with van der Waals surface area (Å²) in [6.45, 7) is 5.27. The zero-order valence-electron chi connectivity index (χ0n) is 9.53. The molecule has 0 saturated heterocycles. The van der Waals surface area contributed by atoms with E-state index in [-0.39, 0.29) is 18.0 Å². The van der Waals surface area contributed by atoms with Crippen LogP contribution >= 0.6 is 0 Å². The Hall–Kier alpha value is -1.85. The van der Waals surface area contributed by atoms with Gasteiger partial charge in [-0.2, -0.15) is 0 Å². The summed E-state index contributed by atoms with van der Waals surface area (Å²) in [5.74, 6) is -2.16. The molecule has 0 radical (unpaired) electrons. The minimum atomic E-state index is -1.21. The van der Waals surface area contributed by atoms with E-state index in [1.54, 1.807) is 0 Å². The molecule has 0 aliphatic heterocycles. The number of carboxylic acid groups (broad SMARTS) is 1. The van der Waals surface area contributed by atoms with Gasteiger partial charge in [-0.15, -0.1) is 0 Å². The Morgan fingerprint density at radius 1 is 1.19 bits per heavy atom. The summed E-state index contributed by atoms with van der Waals surface area (Å²) < 4.78 is 0. The second-order valence-electron chi connectivity index (χ2n) is 4.19. The number of hydrogen-bond donors (Lipinski definition) is 3. The first kappa shape index (κ1) is 14.2. The summed E-state index contributed by atoms with van der Waals surface area (Å²) >= 11 is 0. The monoisotopic (exact) mass is 228 g/mol. The van der Waals surface area contributed by atoms with E-state index in [0.29, 0.717) is 6.08 Å². The molecule has 6 heteroatoms. The second-order valence-corrected chi connectivity index (χ2v) is 4.19. The van der Waals surface area contributed by atoms with Gasteiger partial charge < -0.3 is 15.7 Å². The standard InChI is InChI=1S/C10H16N2O4/c1-10(2,3)12-8(14)6-11-7(13)4-5-9(15)16/h4-5H,6H2,1-3H3,(H,11,13)(H,12,14)(H,15,16)/b5-4+. The first-order valence-electron chi connectivity index (χ1n) is 4.70. The Kier molecular flexibility index (Phi) is 5.21. The van der Waals surface area contributed by atoms with E-state index in [4.69, 9.17) is 5.11 Å². The molecule has 0 saturated carbocycles. The highest BCUT2D eigenvalue weighted by Gasteiger charge is 2.13. The predicted molar refractivity (Wildman–Crippen MR) is 57.7 cm³/mol. The van der Waals surface area contributed by atoms with Gasteiger partial charge in [-0.3, -0.25) is 9.59 Å². The van der Waals surface area contributed by atoms with E-state index in [9.17, 15) is 14.4 Å². The molecule has 6 nitrogen and oxygen atoms in total. The van der Waals surface area contributed by atoms with Crippen LogP contribution in [0.3, 0.4) is 0 Å². The number of aliphatic carboxylic acids is 1. The van der Waals surface area contributed by atoms with Crippen LogP contribution in [0.5, 0.6) is 0 Å². The average molecular weight is 228 g/mol. The highest BCUT2D eigenvalue weighted by atomic mass is 16.4. The molecule has 0 bridgehead atoms. The van der Waals surface area contributed by atoms with Crippen molar-refractivity contribution >= 4 is 17.8 Å². The molecule has 0 rings (SSSR count). The molecular formula is C10H16N2O4. The SMILES string of the molecule is CC(C)(C)NC(=O)CNC(=O)/C=C/C(=O)O. The zero-order chi connectivity index (χ0) is 12.8. The Bertz CT molecular complexity index is 315. The Morgan fingerprint density at radius 2 is 1.75 bits per heavy atom. The van der Waals surface area contributed by atoms with Gasteiger partial charge in [0.15, 0.2) is 0 Å². The molecule has 0 spiro atoms. The Balaban J connectivity index is 3.93. The third-order valence-electron chi connectivity index (χ3n) is 1.31. The van der Waals surface area contributed by atoms with Crippen molar-refractivity contribution in [2.75, 3.05) is 6.54 Å². The van der Waals surface area contributed by atoms with Crippen molar-refractivity contribution in [1.82, 2.24) is 10.6 Å². The van der Waals surface area contributed by atoms with Crippen LogP contribution in [0, 0.1) is 0 Å². The quantitative estimate of drug-likeness (QED) is 0.573. The van der Waals surface area contributed by atoms with E-state index < -0.39 is 11.9 Å². The lowest BCUT2D eigenvalue weighted by molar-refractivity contribution is -0.131. The lowest BCUT2D eigenvalue weighted by Crippen LogP contribution is -2.45. The summed E-state index contributed by atoms with van der Waals surface area (Å²) in [4.78, 5) is 32.3. The molecule has 0 aromatic carbocycles. The van der Waals surface area contributed by atoms with Crippen molar-refractivity contribution in [2.45, 2.75) is 26.3 Å². The second kappa shape index (κ2) is 5.89. The van der Waals surface area contributed by atoms with Crippen molar-refractivity contribution < 1.29 is 19.5 Å². The van der Waals surface area contributed by atoms with Crippen molar-refractivity contribution in [3.63, 3.8) is 0 Å². The molecule has 0 aliphatic rings. The molecule has 0 aliphatic carbocycles. The minimum Gasteiger partial charge on any atom is -0.478 e. The van der Waals surface area contributed by atoms with Gasteiger partial charge >= 0.3 is 5.97 Å². The number of nitrogens with one attached hydrogen (secondary N) is 2. The fourth-order valence-corrected chi connectivity index (χ4v) is 0.836. The van der Waals surface area contributed by atoms with Crippen molar-refractivity contribution in [3.8, 4) is 0 Å². The minimum absolute atomic E-state index is 0.180. The van der Waals surface area contributed by atoms with Gasteiger partial charge in [0.2, 0.25) is 11.8 Å². The van der Waals surface area contributed by atoms with Crippen molar-refractivity contribution in [1.29, 1.82) is 0 Å². The Labute approximate surface area is 93.7 Å². The zero-order valence-corrected chi connectivity index (χ0v) is 9.53. The van der Waals surface area contributed by atoms with Gasteiger partial charge in [-0.05, 0) is 20.8 Å². The van der Waals surface area contributed by atoms with Crippen LogP contribution in [-0.2, 0) is 14.4 Å². The summed E-state index contributed by atoms with van der Waals surface area (Å²) in [5.41, 5.74) is -0.362.